The van der Waals surface area contributed by atoms with Crippen LogP contribution in [0.25, 0.3) is 0 Å². The summed E-state index contributed by atoms with van der Waals surface area (Å²) in [7, 11) is 1.80. The van der Waals surface area contributed by atoms with Crippen molar-refractivity contribution in [2.45, 2.75) is 44.6 Å². The number of hydrogen-bond acceptors (Lipinski definition) is 4. The van der Waals surface area contributed by atoms with Crippen LogP contribution in [0, 0.1) is 0 Å². The van der Waals surface area contributed by atoms with Gasteiger partial charge >= 0.3 is 0 Å². The van der Waals surface area contributed by atoms with Gasteiger partial charge in [0.1, 0.15) is 5.69 Å². The first kappa shape index (κ1) is 13.1. The number of carbonyl (C=O) groups is 1. The molecule has 0 spiro atoms. The quantitative estimate of drug-likeness (QED) is 0.850. The molecule has 1 aromatic rings. The molecule has 1 unspecified atom stereocenters. The van der Waals surface area contributed by atoms with Gasteiger partial charge in [-0.15, -0.1) is 0 Å². The number of carbonyl (C=O) groups excluding carboxylic acids is 1. The first-order chi connectivity index (χ1) is 9.74. The third-order valence-electron chi connectivity index (χ3n) is 4.36. The normalized spacial score (nSPS) is 27.1. The molecule has 0 aliphatic heterocycles. The van der Waals surface area contributed by atoms with E-state index in [-0.39, 0.29) is 11.8 Å². The second-order valence-electron chi connectivity index (χ2n) is 5.48. The molecule has 0 radical (unpaired) electrons. The van der Waals surface area contributed by atoms with E-state index in [4.69, 9.17) is 5.73 Å². The molecule has 1 heterocycles. The van der Waals surface area contributed by atoms with E-state index in [0.29, 0.717) is 6.42 Å². The van der Waals surface area contributed by atoms with Gasteiger partial charge in [0.05, 0.1) is 12.0 Å². The number of nitrogens with zero attached hydrogens (tertiary/aromatic N) is 3. The van der Waals surface area contributed by atoms with Crippen molar-refractivity contribution in [1.29, 1.82) is 0 Å². The van der Waals surface area contributed by atoms with Crippen LogP contribution in [0.4, 0.5) is 0 Å². The Bertz CT molecular complexity index is 597. The summed E-state index contributed by atoms with van der Waals surface area (Å²) < 4.78 is 2.08. The summed E-state index contributed by atoms with van der Waals surface area (Å²) in [4.78, 5) is 20.9. The van der Waals surface area contributed by atoms with Crippen LogP contribution >= 0.6 is 0 Å². The zero-order chi connectivity index (χ0) is 14.1. The van der Waals surface area contributed by atoms with Crippen molar-refractivity contribution in [3.8, 4) is 0 Å². The zero-order valence-corrected chi connectivity index (χ0v) is 11.8. The van der Waals surface area contributed by atoms with E-state index in [1.54, 1.807) is 13.2 Å². The van der Waals surface area contributed by atoms with Gasteiger partial charge in [0, 0.05) is 31.6 Å². The van der Waals surface area contributed by atoms with Gasteiger partial charge in [0.15, 0.2) is 5.78 Å². The van der Waals surface area contributed by atoms with Gasteiger partial charge in [0.2, 0.25) is 0 Å². The summed E-state index contributed by atoms with van der Waals surface area (Å²) in [6.07, 6.45) is 8.71. The highest BCUT2D eigenvalue weighted by molar-refractivity contribution is 6.01. The molecule has 0 amide bonds. The van der Waals surface area contributed by atoms with Gasteiger partial charge in [-0.25, -0.2) is 4.98 Å². The minimum Gasteiger partial charge on any atom is -0.404 e. The molecule has 1 atom stereocenters. The second kappa shape index (κ2) is 5.23. The number of Topliss-reactive ketones (excluding diaryl/α,β-unsaturated/α-hetero) is 1. The molecule has 3 rings (SSSR count). The monoisotopic (exact) mass is 272 g/mol. The molecule has 20 heavy (non-hydrogen) atoms. The average Bonchev–Trinajstić information content (AvgIpc) is 2.92. The highest BCUT2D eigenvalue weighted by atomic mass is 16.1. The maximum absolute atomic E-state index is 12.2. The van der Waals surface area contributed by atoms with E-state index in [0.717, 1.165) is 54.8 Å². The largest absolute Gasteiger partial charge is 0.404 e. The first-order valence-electron chi connectivity index (χ1n) is 7.20. The Morgan fingerprint density at radius 2 is 2.30 bits per heavy atom. The molecular formula is C15H20N4O. The van der Waals surface area contributed by atoms with Crippen LogP contribution in [0.5, 0.6) is 0 Å². The number of hydrogen-bond donors (Lipinski definition) is 1. The van der Waals surface area contributed by atoms with E-state index >= 15 is 0 Å². The molecular weight excluding hydrogens is 252 g/mol. The lowest BCUT2D eigenvalue weighted by Crippen LogP contribution is -2.25. The number of fused-ring (bicyclic) bond motifs is 1. The average molecular weight is 272 g/mol. The molecule has 5 nitrogen and oxygen atoms in total. The van der Waals surface area contributed by atoms with E-state index in [1.807, 2.05) is 6.33 Å². The van der Waals surface area contributed by atoms with E-state index < -0.39 is 0 Å². The van der Waals surface area contributed by atoms with Gasteiger partial charge in [-0.05, 0) is 37.5 Å². The molecule has 2 aliphatic rings. The highest BCUT2D eigenvalue weighted by Gasteiger charge is 2.29. The fraction of sp³-hybridized carbons (Fsp3) is 0.533. The van der Waals surface area contributed by atoms with Crippen molar-refractivity contribution in [1.82, 2.24) is 9.55 Å². The number of rotatable bonds is 1. The summed E-state index contributed by atoms with van der Waals surface area (Å²) in [5.74, 6) is 0.235. The van der Waals surface area contributed by atoms with Gasteiger partial charge < -0.3 is 10.3 Å². The predicted molar refractivity (Wildman–Crippen MR) is 78.0 cm³/mol. The van der Waals surface area contributed by atoms with Gasteiger partial charge in [-0.2, -0.15) is 0 Å². The summed E-state index contributed by atoms with van der Waals surface area (Å²) in [5.41, 5.74) is 9.63. The Hall–Kier alpha value is -1.91. The number of imidazole rings is 1. The fourth-order valence-electron chi connectivity index (χ4n) is 3.27. The Morgan fingerprint density at radius 1 is 1.45 bits per heavy atom. The molecule has 0 saturated heterocycles. The fourth-order valence-corrected chi connectivity index (χ4v) is 3.27. The number of allylic oxidation sites excluding steroid dienone is 1. The van der Waals surface area contributed by atoms with Crippen molar-refractivity contribution in [2.24, 2.45) is 10.7 Å². The summed E-state index contributed by atoms with van der Waals surface area (Å²) in [6, 6.07) is 0.274. The standard InChI is InChI=1S/C15H20N4O/c1-17-13-7-11(6-5-10(13)8-16)19-9-18-12-3-2-4-14(20)15(12)19/h8-9,11H,2-7,16H2,1H3. The zero-order valence-electron chi connectivity index (χ0n) is 11.8. The number of nitrogens with two attached hydrogens (primary N) is 1. The van der Waals surface area contributed by atoms with Crippen LogP contribution < -0.4 is 5.73 Å². The molecule has 0 aromatic carbocycles. The molecule has 2 N–H and O–H groups in total. The maximum Gasteiger partial charge on any atom is 0.181 e. The lowest BCUT2D eigenvalue weighted by molar-refractivity contribution is 0.0960. The molecule has 0 bridgehead atoms. The third kappa shape index (κ3) is 2.07. The Morgan fingerprint density at radius 3 is 3.05 bits per heavy atom. The first-order valence-corrected chi connectivity index (χ1v) is 7.20. The smallest absolute Gasteiger partial charge is 0.181 e. The minimum absolute atomic E-state index is 0.235. The highest BCUT2D eigenvalue weighted by Crippen LogP contribution is 2.33. The van der Waals surface area contributed by atoms with Gasteiger partial charge in [-0.1, -0.05) is 0 Å². The van der Waals surface area contributed by atoms with Crippen molar-refractivity contribution in [2.75, 3.05) is 7.05 Å². The Labute approximate surface area is 118 Å². The van der Waals surface area contributed by atoms with Crippen LogP contribution in [0.3, 0.4) is 0 Å². The van der Waals surface area contributed by atoms with Crippen molar-refractivity contribution >= 4 is 11.5 Å². The van der Waals surface area contributed by atoms with Crippen molar-refractivity contribution in [3.63, 3.8) is 0 Å². The molecule has 1 fully saturated rings. The second-order valence-corrected chi connectivity index (χ2v) is 5.48. The molecule has 5 heteroatoms. The van der Waals surface area contributed by atoms with Crippen LogP contribution in [0.2, 0.25) is 0 Å². The SMILES string of the molecule is CN=C1CC(n2cnc3c2C(=O)CCC3)CCC1=CN. The maximum atomic E-state index is 12.2. The van der Waals surface area contributed by atoms with Crippen LogP contribution in [-0.2, 0) is 6.42 Å². The summed E-state index contributed by atoms with van der Waals surface area (Å²) in [6.45, 7) is 0. The molecule has 1 saturated carbocycles. The third-order valence-corrected chi connectivity index (χ3v) is 4.36. The lowest BCUT2D eigenvalue weighted by atomic mass is 9.88. The molecule has 106 valence electrons. The van der Waals surface area contributed by atoms with E-state index in [9.17, 15) is 4.79 Å². The van der Waals surface area contributed by atoms with E-state index in [1.165, 1.54) is 0 Å². The Kier molecular flexibility index (Phi) is 3.42. The predicted octanol–water partition coefficient (Wildman–Crippen LogP) is 2.04. The van der Waals surface area contributed by atoms with E-state index in [2.05, 4.69) is 14.5 Å². The van der Waals surface area contributed by atoms with Crippen molar-refractivity contribution in [3.05, 3.63) is 29.5 Å². The van der Waals surface area contributed by atoms with Crippen LogP contribution in [0.15, 0.2) is 23.1 Å². The van der Waals surface area contributed by atoms with Crippen LogP contribution in [0.1, 0.15) is 54.3 Å². The van der Waals surface area contributed by atoms with Crippen LogP contribution in [-0.4, -0.2) is 28.1 Å². The summed E-state index contributed by atoms with van der Waals surface area (Å²) >= 11 is 0. The number of aliphatic imine (C=N–C) groups is 1. The minimum atomic E-state index is 0.235. The van der Waals surface area contributed by atoms with Gasteiger partial charge in [0.25, 0.3) is 0 Å². The molecule has 1 aromatic heterocycles. The molecule has 2 aliphatic carbocycles. The summed E-state index contributed by atoms with van der Waals surface area (Å²) in [5, 5.41) is 0. The lowest BCUT2D eigenvalue weighted by Gasteiger charge is -2.28. The number of aryl methyl sites for hydroxylation is 1. The van der Waals surface area contributed by atoms with Crippen molar-refractivity contribution < 1.29 is 4.79 Å². The number of aromatic nitrogens is 2. The Balaban J connectivity index is 1.92. The van der Waals surface area contributed by atoms with Gasteiger partial charge in [-0.3, -0.25) is 9.79 Å². The number of ketones is 1. The topological polar surface area (TPSA) is 73.3 Å².